The van der Waals surface area contributed by atoms with Crippen molar-refractivity contribution < 1.29 is 26.7 Å². The molecule has 0 saturated heterocycles. The van der Waals surface area contributed by atoms with Gasteiger partial charge in [0.05, 0.1) is 17.4 Å². The minimum atomic E-state index is -2.97. The second kappa shape index (κ2) is 7.42. The average Bonchev–Trinajstić information content (AvgIpc) is 3.09. The summed E-state index contributed by atoms with van der Waals surface area (Å²) < 4.78 is 70.3. The Hall–Kier alpha value is -3.11. The molecule has 0 aliphatic carbocycles. The molecule has 0 amide bonds. The average molecular weight is 371 g/mol. The maximum atomic E-state index is 13.3. The van der Waals surface area contributed by atoms with Crippen molar-refractivity contribution in [3.8, 4) is 11.7 Å². The lowest BCUT2D eigenvalue weighted by molar-refractivity contribution is 0.143. The minimum absolute atomic E-state index is 0.177. The molecular weight excluding hydrogens is 361 g/mol. The first-order valence-corrected chi connectivity index (χ1v) is 7.17. The van der Waals surface area contributed by atoms with Crippen LogP contribution in [0.15, 0.2) is 36.7 Å². The van der Waals surface area contributed by atoms with E-state index in [9.17, 15) is 22.0 Å². The number of aromatic nitrogens is 5. The molecular formula is C15H10F5N5O. The quantitative estimate of drug-likeness (QED) is 0.619. The second-order valence-electron chi connectivity index (χ2n) is 5.01. The summed E-state index contributed by atoms with van der Waals surface area (Å²) >= 11 is 0. The molecule has 2 aromatic heterocycles. The second-order valence-corrected chi connectivity index (χ2v) is 5.01. The third-order valence-electron chi connectivity index (χ3n) is 3.25. The van der Waals surface area contributed by atoms with Gasteiger partial charge in [-0.3, -0.25) is 0 Å². The maximum Gasteiger partial charge on any atom is 0.317 e. The van der Waals surface area contributed by atoms with Crippen LogP contribution in [-0.4, -0.2) is 25.0 Å². The standard InChI is InChI=1S/C15H10F5N5O/c16-11-2-1-9(5-10(11)13(17)18)25-6-8(23-24-25)7-26-15-21-4-3-12(22-15)14(19)20/h1-6,13-14H,7H2. The number of halogens is 5. The predicted molar refractivity (Wildman–Crippen MR) is 77.6 cm³/mol. The topological polar surface area (TPSA) is 65.7 Å². The Morgan fingerprint density at radius 1 is 1.08 bits per heavy atom. The molecule has 0 bridgehead atoms. The fourth-order valence-corrected chi connectivity index (χ4v) is 2.02. The molecule has 0 aliphatic heterocycles. The van der Waals surface area contributed by atoms with Crippen LogP contribution in [0.4, 0.5) is 22.0 Å². The summed E-state index contributed by atoms with van der Waals surface area (Å²) in [5, 5.41) is 7.50. The zero-order chi connectivity index (χ0) is 18.7. The van der Waals surface area contributed by atoms with Gasteiger partial charge in [0.2, 0.25) is 0 Å². The van der Waals surface area contributed by atoms with Gasteiger partial charge in [-0.15, -0.1) is 5.10 Å². The molecule has 3 rings (SSSR count). The number of ether oxygens (including phenoxy) is 1. The van der Waals surface area contributed by atoms with Gasteiger partial charge in [0.1, 0.15) is 23.8 Å². The Kier molecular flexibility index (Phi) is 5.05. The van der Waals surface area contributed by atoms with Crippen molar-refractivity contribution in [3.05, 3.63) is 59.4 Å². The lowest BCUT2D eigenvalue weighted by Crippen LogP contribution is -2.02. The van der Waals surface area contributed by atoms with Gasteiger partial charge in [0.25, 0.3) is 12.9 Å². The minimum Gasteiger partial charge on any atom is -0.457 e. The highest BCUT2D eigenvalue weighted by atomic mass is 19.3. The lowest BCUT2D eigenvalue weighted by Gasteiger charge is -2.05. The molecule has 0 N–H and O–H groups in total. The van der Waals surface area contributed by atoms with Gasteiger partial charge in [-0.25, -0.2) is 31.6 Å². The molecule has 26 heavy (non-hydrogen) atoms. The molecule has 0 radical (unpaired) electrons. The van der Waals surface area contributed by atoms with Crippen molar-refractivity contribution in [2.45, 2.75) is 19.5 Å². The number of benzene rings is 1. The molecule has 0 unspecified atom stereocenters. The summed E-state index contributed by atoms with van der Waals surface area (Å²) in [5.74, 6) is -1.02. The smallest absolute Gasteiger partial charge is 0.317 e. The van der Waals surface area contributed by atoms with E-state index in [4.69, 9.17) is 4.74 Å². The summed E-state index contributed by atoms with van der Waals surface area (Å²) in [6, 6.07) is 3.91. The molecule has 3 aromatic rings. The van der Waals surface area contributed by atoms with E-state index in [1.807, 2.05) is 0 Å². The fraction of sp³-hybridized carbons (Fsp3) is 0.200. The summed E-state index contributed by atoms with van der Waals surface area (Å²) in [6.45, 7) is -0.185. The molecule has 0 fully saturated rings. The lowest BCUT2D eigenvalue weighted by atomic mass is 10.2. The summed E-state index contributed by atoms with van der Waals surface area (Å²) in [5.41, 5.74) is -0.798. The number of hydrogen-bond donors (Lipinski definition) is 0. The number of rotatable bonds is 6. The first-order chi connectivity index (χ1) is 12.4. The predicted octanol–water partition coefficient (Wildman–Crippen LogP) is 3.65. The highest BCUT2D eigenvalue weighted by Gasteiger charge is 2.15. The monoisotopic (exact) mass is 371 g/mol. The Labute approximate surface area is 143 Å². The van der Waals surface area contributed by atoms with Gasteiger partial charge < -0.3 is 4.74 Å². The molecule has 2 heterocycles. The van der Waals surface area contributed by atoms with Gasteiger partial charge in [-0.2, -0.15) is 4.98 Å². The van der Waals surface area contributed by atoms with E-state index in [0.29, 0.717) is 0 Å². The van der Waals surface area contributed by atoms with Crippen molar-refractivity contribution in [1.29, 1.82) is 0 Å². The number of nitrogens with zero attached hydrogens (tertiary/aromatic N) is 5. The highest BCUT2D eigenvalue weighted by molar-refractivity contribution is 5.36. The molecule has 0 aliphatic rings. The summed E-state index contributed by atoms with van der Waals surface area (Å²) in [6.07, 6.45) is -3.24. The third-order valence-corrected chi connectivity index (χ3v) is 3.25. The van der Waals surface area contributed by atoms with Crippen molar-refractivity contribution in [3.63, 3.8) is 0 Å². The van der Waals surface area contributed by atoms with Crippen LogP contribution in [0.5, 0.6) is 6.01 Å². The highest BCUT2D eigenvalue weighted by Crippen LogP contribution is 2.24. The molecule has 1 aromatic carbocycles. The van der Waals surface area contributed by atoms with E-state index in [1.54, 1.807) is 0 Å². The number of alkyl halides is 4. The van der Waals surface area contributed by atoms with Gasteiger partial charge >= 0.3 is 6.01 Å². The van der Waals surface area contributed by atoms with Crippen molar-refractivity contribution in [2.24, 2.45) is 0 Å². The Morgan fingerprint density at radius 2 is 1.88 bits per heavy atom. The Morgan fingerprint density at radius 3 is 2.62 bits per heavy atom. The van der Waals surface area contributed by atoms with Crippen molar-refractivity contribution in [1.82, 2.24) is 25.0 Å². The molecule has 0 spiro atoms. The zero-order valence-electron chi connectivity index (χ0n) is 12.9. The van der Waals surface area contributed by atoms with Gasteiger partial charge in [0, 0.05) is 6.20 Å². The van der Waals surface area contributed by atoms with Crippen LogP contribution in [0, 0.1) is 5.82 Å². The van der Waals surface area contributed by atoms with E-state index < -0.39 is 29.9 Å². The molecule has 11 heteroatoms. The van der Waals surface area contributed by atoms with Crippen LogP contribution in [0.25, 0.3) is 5.69 Å². The van der Waals surface area contributed by atoms with E-state index in [1.165, 1.54) is 12.3 Å². The van der Waals surface area contributed by atoms with Crippen molar-refractivity contribution in [2.75, 3.05) is 0 Å². The van der Waals surface area contributed by atoms with Gasteiger partial charge in [-0.05, 0) is 24.3 Å². The molecule has 136 valence electrons. The fourth-order valence-electron chi connectivity index (χ4n) is 2.02. The first-order valence-electron chi connectivity index (χ1n) is 7.17. The SMILES string of the molecule is Fc1ccc(-n2cc(COc3nccc(C(F)F)n3)nn2)cc1C(F)F. The summed E-state index contributed by atoms with van der Waals surface area (Å²) in [4.78, 5) is 7.23. The third kappa shape index (κ3) is 3.92. The van der Waals surface area contributed by atoms with E-state index >= 15 is 0 Å². The van der Waals surface area contributed by atoms with Crippen LogP contribution in [-0.2, 0) is 6.61 Å². The first kappa shape index (κ1) is 17.7. The Balaban J connectivity index is 1.72. The van der Waals surface area contributed by atoms with Crippen LogP contribution in [0.1, 0.15) is 29.8 Å². The van der Waals surface area contributed by atoms with E-state index in [2.05, 4.69) is 20.3 Å². The van der Waals surface area contributed by atoms with Crippen LogP contribution >= 0.6 is 0 Å². The van der Waals surface area contributed by atoms with Crippen LogP contribution in [0.3, 0.4) is 0 Å². The summed E-state index contributed by atoms with van der Waals surface area (Å²) in [7, 11) is 0. The van der Waals surface area contributed by atoms with Gasteiger partial charge in [-0.1, -0.05) is 5.21 Å². The van der Waals surface area contributed by atoms with E-state index in [0.717, 1.165) is 29.1 Å². The van der Waals surface area contributed by atoms with E-state index in [-0.39, 0.29) is 24.0 Å². The Bertz CT molecular complexity index is 902. The molecule has 6 nitrogen and oxygen atoms in total. The zero-order valence-corrected chi connectivity index (χ0v) is 12.9. The largest absolute Gasteiger partial charge is 0.457 e. The van der Waals surface area contributed by atoms with Crippen LogP contribution < -0.4 is 4.74 Å². The maximum absolute atomic E-state index is 13.3. The molecule has 0 saturated carbocycles. The van der Waals surface area contributed by atoms with Crippen LogP contribution in [0.2, 0.25) is 0 Å². The van der Waals surface area contributed by atoms with Crippen molar-refractivity contribution >= 4 is 0 Å². The molecule has 0 atom stereocenters. The van der Waals surface area contributed by atoms with Gasteiger partial charge in [0.15, 0.2) is 0 Å². The normalized spacial score (nSPS) is 11.3. The number of hydrogen-bond acceptors (Lipinski definition) is 5.